The molecule has 0 aliphatic heterocycles. The van der Waals surface area contributed by atoms with Gasteiger partial charge in [-0.3, -0.25) is 4.79 Å². The van der Waals surface area contributed by atoms with Gasteiger partial charge in [0.2, 0.25) is 0 Å². The van der Waals surface area contributed by atoms with Crippen molar-refractivity contribution in [3.63, 3.8) is 0 Å². The molecule has 0 bridgehead atoms. The fraction of sp³-hybridized carbons (Fsp3) is 0.533. The average molecular weight is 249 g/mol. The van der Waals surface area contributed by atoms with Gasteiger partial charge in [0.25, 0.3) is 0 Å². The van der Waals surface area contributed by atoms with Gasteiger partial charge in [-0.1, -0.05) is 29.8 Å². The van der Waals surface area contributed by atoms with Gasteiger partial charge < -0.3 is 10.1 Å². The second kappa shape index (κ2) is 6.01. The predicted octanol–water partition coefficient (Wildman–Crippen LogP) is 2.99. The Morgan fingerprint density at radius 2 is 1.83 bits per heavy atom. The number of carbonyl (C=O) groups excluding carboxylic acids is 1. The maximum atomic E-state index is 11.6. The Kier molecular flexibility index (Phi) is 4.91. The minimum atomic E-state index is -0.425. The molecule has 0 heterocycles. The SMILES string of the molecule is Cc1ccc([C@H](C)NCC(=O)OC(C)(C)C)cc1. The lowest BCUT2D eigenvalue weighted by atomic mass is 10.1. The average Bonchev–Trinajstić information content (AvgIpc) is 2.24. The number of esters is 1. The van der Waals surface area contributed by atoms with Crippen molar-refractivity contribution in [3.8, 4) is 0 Å². The Morgan fingerprint density at radius 1 is 1.28 bits per heavy atom. The molecule has 1 N–H and O–H groups in total. The summed E-state index contributed by atoms with van der Waals surface area (Å²) in [6.45, 7) is 9.93. The van der Waals surface area contributed by atoms with Crippen LogP contribution in [0.3, 0.4) is 0 Å². The molecular weight excluding hydrogens is 226 g/mol. The molecule has 1 aromatic rings. The van der Waals surface area contributed by atoms with Crippen LogP contribution < -0.4 is 5.32 Å². The van der Waals surface area contributed by atoms with Gasteiger partial charge in [-0.2, -0.15) is 0 Å². The first-order valence-corrected chi connectivity index (χ1v) is 6.30. The van der Waals surface area contributed by atoms with Gasteiger partial charge in [-0.05, 0) is 40.2 Å². The van der Waals surface area contributed by atoms with E-state index >= 15 is 0 Å². The van der Waals surface area contributed by atoms with Crippen LogP contribution in [0.25, 0.3) is 0 Å². The van der Waals surface area contributed by atoms with Gasteiger partial charge in [0.05, 0.1) is 6.54 Å². The van der Waals surface area contributed by atoms with Crippen LogP contribution in [0.15, 0.2) is 24.3 Å². The largest absolute Gasteiger partial charge is 0.459 e. The summed E-state index contributed by atoms with van der Waals surface area (Å²) in [5, 5.41) is 3.17. The summed E-state index contributed by atoms with van der Waals surface area (Å²) in [7, 11) is 0. The summed E-state index contributed by atoms with van der Waals surface area (Å²) in [5.41, 5.74) is 1.98. The van der Waals surface area contributed by atoms with Crippen LogP contribution in [-0.2, 0) is 9.53 Å². The van der Waals surface area contributed by atoms with Crippen LogP contribution in [0.4, 0.5) is 0 Å². The van der Waals surface area contributed by atoms with Crippen LogP contribution in [-0.4, -0.2) is 18.1 Å². The highest BCUT2D eigenvalue weighted by atomic mass is 16.6. The summed E-state index contributed by atoms with van der Waals surface area (Å²) in [6.07, 6.45) is 0. The highest BCUT2D eigenvalue weighted by molar-refractivity contribution is 5.72. The number of benzene rings is 1. The number of rotatable bonds is 4. The van der Waals surface area contributed by atoms with Crippen molar-refractivity contribution in [2.45, 2.75) is 46.3 Å². The van der Waals surface area contributed by atoms with Crippen LogP contribution in [0.1, 0.15) is 44.9 Å². The molecule has 3 heteroatoms. The zero-order valence-corrected chi connectivity index (χ0v) is 11.9. The topological polar surface area (TPSA) is 38.3 Å². The summed E-state index contributed by atoms with van der Waals surface area (Å²) < 4.78 is 5.24. The van der Waals surface area contributed by atoms with E-state index in [9.17, 15) is 4.79 Å². The first-order chi connectivity index (χ1) is 8.28. The standard InChI is InChI=1S/C15H23NO2/c1-11-6-8-13(9-7-11)12(2)16-10-14(17)18-15(3,4)5/h6-9,12,16H,10H2,1-5H3/t12-/m0/s1. The van der Waals surface area contributed by atoms with Gasteiger partial charge in [0, 0.05) is 6.04 Å². The third kappa shape index (κ3) is 5.32. The Morgan fingerprint density at radius 3 is 2.33 bits per heavy atom. The zero-order chi connectivity index (χ0) is 13.8. The van der Waals surface area contributed by atoms with Crippen LogP contribution in [0.2, 0.25) is 0 Å². The van der Waals surface area contributed by atoms with Gasteiger partial charge in [0.15, 0.2) is 0 Å². The predicted molar refractivity (Wildman–Crippen MR) is 73.4 cm³/mol. The van der Waals surface area contributed by atoms with E-state index in [1.165, 1.54) is 11.1 Å². The maximum Gasteiger partial charge on any atom is 0.320 e. The first-order valence-electron chi connectivity index (χ1n) is 6.30. The lowest BCUT2D eigenvalue weighted by molar-refractivity contribution is -0.153. The summed E-state index contributed by atoms with van der Waals surface area (Å²) in [6, 6.07) is 8.42. The Balaban J connectivity index is 2.44. The van der Waals surface area contributed by atoms with Crippen molar-refractivity contribution >= 4 is 5.97 Å². The van der Waals surface area contributed by atoms with Gasteiger partial charge in [0.1, 0.15) is 5.60 Å². The van der Waals surface area contributed by atoms with E-state index in [0.717, 1.165) is 0 Å². The number of nitrogens with one attached hydrogen (secondary N) is 1. The van der Waals surface area contributed by atoms with Crippen molar-refractivity contribution in [3.05, 3.63) is 35.4 Å². The second-order valence-corrected chi connectivity index (χ2v) is 5.60. The molecular formula is C15H23NO2. The molecule has 0 radical (unpaired) electrons. The smallest absolute Gasteiger partial charge is 0.320 e. The van der Waals surface area contributed by atoms with E-state index < -0.39 is 5.60 Å². The Hall–Kier alpha value is -1.35. The minimum absolute atomic E-state index is 0.137. The number of carbonyl (C=O) groups is 1. The van der Waals surface area contributed by atoms with Gasteiger partial charge in [-0.15, -0.1) is 0 Å². The molecule has 1 aromatic carbocycles. The quantitative estimate of drug-likeness (QED) is 0.834. The van der Waals surface area contributed by atoms with E-state index in [1.807, 2.05) is 27.7 Å². The van der Waals surface area contributed by atoms with E-state index in [-0.39, 0.29) is 18.6 Å². The maximum absolute atomic E-state index is 11.6. The van der Waals surface area contributed by atoms with Crippen molar-refractivity contribution in [1.82, 2.24) is 5.32 Å². The van der Waals surface area contributed by atoms with Gasteiger partial charge >= 0.3 is 5.97 Å². The fourth-order valence-electron chi connectivity index (χ4n) is 1.59. The molecule has 1 rings (SSSR count). The van der Waals surface area contributed by atoms with Crippen molar-refractivity contribution < 1.29 is 9.53 Å². The molecule has 0 amide bonds. The van der Waals surface area contributed by atoms with E-state index in [4.69, 9.17) is 4.74 Å². The van der Waals surface area contributed by atoms with E-state index in [0.29, 0.717) is 0 Å². The van der Waals surface area contributed by atoms with Crippen molar-refractivity contribution in [1.29, 1.82) is 0 Å². The zero-order valence-electron chi connectivity index (χ0n) is 11.9. The van der Waals surface area contributed by atoms with Crippen LogP contribution >= 0.6 is 0 Å². The molecule has 0 aliphatic rings. The molecule has 3 nitrogen and oxygen atoms in total. The van der Waals surface area contributed by atoms with Crippen molar-refractivity contribution in [2.24, 2.45) is 0 Å². The second-order valence-electron chi connectivity index (χ2n) is 5.60. The molecule has 0 aliphatic carbocycles. The molecule has 18 heavy (non-hydrogen) atoms. The molecule has 0 saturated carbocycles. The highest BCUT2D eigenvalue weighted by Crippen LogP contribution is 2.13. The first kappa shape index (κ1) is 14.7. The number of aryl methyl sites for hydroxylation is 1. The Bertz CT molecular complexity index is 390. The summed E-state index contributed by atoms with van der Waals surface area (Å²) >= 11 is 0. The monoisotopic (exact) mass is 249 g/mol. The molecule has 0 saturated heterocycles. The minimum Gasteiger partial charge on any atom is -0.459 e. The number of ether oxygens (including phenoxy) is 1. The number of hydrogen-bond acceptors (Lipinski definition) is 3. The van der Waals surface area contributed by atoms with Crippen molar-refractivity contribution in [2.75, 3.05) is 6.54 Å². The molecule has 0 unspecified atom stereocenters. The Labute approximate surface area is 110 Å². The van der Waals surface area contributed by atoms with Crippen LogP contribution in [0.5, 0.6) is 0 Å². The highest BCUT2D eigenvalue weighted by Gasteiger charge is 2.16. The molecule has 0 spiro atoms. The van der Waals surface area contributed by atoms with E-state index in [2.05, 4.69) is 36.5 Å². The van der Waals surface area contributed by atoms with Crippen LogP contribution in [0, 0.1) is 6.92 Å². The third-order valence-corrected chi connectivity index (χ3v) is 2.55. The number of hydrogen-bond donors (Lipinski definition) is 1. The lowest BCUT2D eigenvalue weighted by Gasteiger charge is -2.21. The molecule has 0 fully saturated rings. The fourth-order valence-corrected chi connectivity index (χ4v) is 1.59. The third-order valence-electron chi connectivity index (χ3n) is 2.55. The summed E-state index contributed by atoms with van der Waals surface area (Å²) in [4.78, 5) is 11.6. The molecule has 0 aromatic heterocycles. The normalized spacial score (nSPS) is 13.2. The molecule has 1 atom stereocenters. The lowest BCUT2D eigenvalue weighted by Crippen LogP contribution is -2.32. The van der Waals surface area contributed by atoms with E-state index in [1.54, 1.807) is 0 Å². The molecule has 100 valence electrons. The van der Waals surface area contributed by atoms with Gasteiger partial charge in [-0.25, -0.2) is 0 Å². The summed E-state index contributed by atoms with van der Waals surface area (Å²) in [5.74, 6) is -0.221.